The zero-order chi connectivity index (χ0) is 21.0. The summed E-state index contributed by atoms with van der Waals surface area (Å²) in [5.41, 5.74) is 8.44. The molecule has 0 radical (unpaired) electrons. The number of sulfone groups is 1. The molecule has 0 unspecified atom stereocenters. The minimum Gasteiger partial charge on any atom is -0.382 e. The fourth-order valence-corrected chi connectivity index (χ4v) is 4.47. The van der Waals surface area contributed by atoms with Gasteiger partial charge in [-0.05, 0) is 49.2 Å². The maximum atomic E-state index is 12.9. The van der Waals surface area contributed by atoms with Gasteiger partial charge in [-0.1, -0.05) is 36.0 Å². The molecule has 7 nitrogen and oxygen atoms in total. The van der Waals surface area contributed by atoms with Gasteiger partial charge in [0, 0.05) is 5.69 Å². The molecule has 3 rings (SSSR count). The van der Waals surface area contributed by atoms with Crippen molar-refractivity contribution in [1.82, 2.24) is 9.97 Å². The topological polar surface area (TPSA) is 115 Å². The zero-order valence-corrected chi connectivity index (χ0v) is 17.5. The monoisotopic (exact) mass is 428 g/mol. The summed E-state index contributed by atoms with van der Waals surface area (Å²) in [5, 5.41) is 2.98. The third-order valence-corrected chi connectivity index (χ3v) is 6.86. The van der Waals surface area contributed by atoms with Gasteiger partial charge in [0.2, 0.25) is 15.7 Å². The van der Waals surface area contributed by atoms with E-state index in [1.807, 2.05) is 32.0 Å². The van der Waals surface area contributed by atoms with Gasteiger partial charge in [-0.25, -0.2) is 18.4 Å². The van der Waals surface area contributed by atoms with Crippen LogP contribution in [0.15, 0.2) is 69.7 Å². The average Bonchev–Trinajstić information content (AvgIpc) is 2.69. The molecule has 1 aromatic heterocycles. The molecule has 0 saturated carbocycles. The SMILES string of the molecule is Cc1ccc(S(=O)(=O)c2cnc(SCC(=O)Nc3ccccc3)nc2N)cc1C. The molecular formula is C20H20N4O3S2. The first-order chi connectivity index (χ1) is 13.8. The summed E-state index contributed by atoms with van der Waals surface area (Å²) in [6, 6.07) is 13.9. The first kappa shape index (κ1) is 20.8. The summed E-state index contributed by atoms with van der Waals surface area (Å²) >= 11 is 1.07. The number of nitrogen functional groups attached to an aromatic ring is 1. The number of carbonyl (C=O) groups is 1. The van der Waals surface area contributed by atoms with Crippen LogP contribution in [0, 0.1) is 13.8 Å². The van der Waals surface area contributed by atoms with Gasteiger partial charge in [-0.2, -0.15) is 0 Å². The molecule has 3 N–H and O–H groups in total. The number of hydrogen-bond acceptors (Lipinski definition) is 7. The van der Waals surface area contributed by atoms with Crippen molar-refractivity contribution < 1.29 is 13.2 Å². The number of benzene rings is 2. The maximum Gasteiger partial charge on any atom is 0.234 e. The van der Waals surface area contributed by atoms with E-state index in [2.05, 4.69) is 15.3 Å². The molecule has 1 amide bonds. The molecule has 3 aromatic rings. The predicted octanol–water partition coefficient (Wildman–Crippen LogP) is 3.24. The number of thioether (sulfide) groups is 1. The Morgan fingerprint density at radius 2 is 1.83 bits per heavy atom. The first-order valence-corrected chi connectivity index (χ1v) is 11.2. The van der Waals surface area contributed by atoms with E-state index < -0.39 is 9.84 Å². The fraction of sp³-hybridized carbons (Fsp3) is 0.150. The third kappa shape index (κ3) is 4.93. The van der Waals surface area contributed by atoms with Crippen LogP contribution in [0.3, 0.4) is 0 Å². The van der Waals surface area contributed by atoms with E-state index in [1.165, 1.54) is 12.3 Å². The van der Waals surface area contributed by atoms with Crippen LogP contribution in [0.25, 0.3) is 0 Å². The van der Waals surface area contributed by atoms with Crippen molar-refractivity contribution in [1.29, 1.82) is 0 Å². The summed E-state index contributed by atoms with van der Waals surface area (Å²) in [5.74, 6) is -0.309. The Morgan fingerprint density at radius 3 is 2.48 bits per heavy atom. The second-order valence-corrected chi connectivity index (χ2v) is 9.22. The number of nitrogens with zero attached hydrogens (tertiary/aromatic N) is 2. The van der Waals surface area contributed by atoms with Gasteiger partial charge in [-0.3, -0.25) is 4.79 Å². The lowest BCUT2D eigenvalue weighted by molar-refractivity contribution is -0.113. The average molecular weight is 429 g/mol. The summed E-state index contributed by atoms with van der Waals surface area (Å²) < 4.78 is 25.7. The van der Waals surface area contributed by atoms with Gasteiger partial charge in [0.25, 0.3) is 0 Å². The van der Waals surface area contributed by atoms with Crippen LogP contribution in [0.2, 0.25) is 0 Å². The molecule has 0 aliphatic heterocycles. The number of hydrogen-bond donors (Lipinski definition) is 2. The fourth-order valence-electron chi connectivity index (χ4n) is 2.50. The van der Waals surface area contributed by atoms with Crippen LogP contribution in [-0.4, -0.2) is 30.0 Å². The Morgan fingerprint density at radius 1 is 1.10 bits per heavy atom. The molecule has 9 heteroatoms. The van der Waals surface area contributed by atoms with Crippen molar-refractivity contribution in [3.05, 3.63) is 65.9 Å². The van der Waals surface area contributed by atoms with Crippen molar-refractivity contribution in [2.45, 2.75) is 28.8 Å². The summed E-state index contributed by atoms with van der Waals surface area (Å²) in [4.78, 5) is 20.1. The van der Waals surface area contributed by atoms with Crippen LogP contribution in [0.5, 0.6) is 0 Å². The molecule has 0 aliphatic carbocycles. The van der Waals surface area contributed by atoms with Gasteiger partial charge in [0.15, 0.2) is 5.16 Å². The predicted molar refractivity (Wildman–Crippen MR) is 114 cm³/mol. The summed E-state index contributed by atoms with van der Waals surface area (Å²) in [6.07, 6.45) is 1.18. The Bertz CT molecular complexity index is 1150. The number of amides is 1. The van der Waals surface area contributed by atoms with Crippen LogP contribution in [0.1, 0.15) is 11.1 Å². The highest BCUT2D eigenvalue weighted by molar-refractivity contribution is 7.99. The Hall–Kier alpha value is -2.91. The van der Waals surface area contributed by atoms with Gasteiger partial charge in [0.1, 0.15) is 10.7 Å². The Balaban J connectivity index is 1.72. The van der Waals surface area contributed by atoms with Gasteiger partial charge >= 0.3 is 0 Å². The molecule has 0 saturated heterocycles. The Labute approximate surface area is 173 Å². The molecule has 0 spiro atoms. The maximum absolute atomic E-state index is 12.9. The number of anilines is 2. The van der Waals surface area contributed by atoms with Crippen molar-refractivity contribution in [3.63, 3.8) is 0 Å². The largest absolute Gasteiger partial charge is 0.382 e. The van der Waals surface area contributed by atoms with Gasteiger partial charge < -0.3 is 11.1 Å². The number of aromatic nitrogens is 2. The van der Waals surface area contributed by atoms with Crippen LogP contribution < -0.4 is 11.1 Å². The highest BCUT2D eigenvalue weighted by atomic mass is 32.2. The van der Waals surface area contributed by atoms with E-state index in [0.717, 1.165) is 22.9 Å². The van der Waals surface area contributed by atoms with Crippen molar-refractivity contribution in [2.24, 2.45) is 0 Å². The van der Waals surface area contributed by atoms with Crippen molar-refractivity contribution >= 4 is 39.0 Å². The minimum absolute atomic E-state index is 0.0671. The van der Waals surface area contributed by atoms with Gasteiger partial charge in [0.05, 0.1) is 16.8 Å². The number of para-hydroxylation sites is 1. The second kappa shape index (κ2) is 8.62. The van der Waals surface area contributed by atoms with Crippen LogP contribution in [-0.2, 0) is 14.6 Å². The normalized spacial score (nSPS) is 11.2. The van der Waals surface area contributed by atoms with E-state index in [9.17, 15) is 13.2 Å². The zero-order valence-electron chi connectivity index (χ0n) is 15.9. The van der Waals surface area contributed by atoms with E-state index in [0.29, 0.717) is 5.69 Å². The lowest BCUT2D eigenvalue weighted by Crippen LogP contribution is -2.14. The van der Waals surface area contributed by atoms with Gasteiger partial charge in [-0.15, -0.1) is 0 Å². The minimum atomic E-state index is -3.84. The quantitative estimate of drug-likeness (QED) is 0.457. The van der Waals surface area contributed by atoms with E-state index >= 15 is 0 Å². The number of nitrogens with one attached hydrogen (secondary N) is 1. The molecule has 1 heterocycles. The Kier molecular flexibility index (Phi) is 6.19. The summed E-state index contributed by atoms with van der Waals surface area (Å²) in [6.45, 7) is 3.75. The smallest absolute Gasteiger partial charge is 0.234 e. The van der Waals surface area contributed by atoms with E-state index in [-0.39, 0.29) is 32.4 Å². The lowest BCUT2D eigenvalue weighted by Gasteiger charge is -2.10. The number of aryl methyl sites for hydroxylation is 2. The van der Waals surface area contributed by atoms with Crippen molar-refractivity contribution in [2.75, 3.05) is 16.8 Å². The van der Waals surface area contributed by atoms with E-state index in [4.69, 9.17) is 5.73 Å². The molecule has 0 atom stereocenters. The van der Waals surface area contributed by atoms with Crippen LogP contribution in [0.4, 0.5) is 11.5 Å². The van der Waals surface area contributed by atoms with Crippen LogP contribution >= 0.6 is 11.8 Å². The van der Waals surface area contributed by atoms with E-state index in [1.54, 1.807) is 24.3 Å². The second-order valence-electron chi connectivity index (χ2n) is 6.35. The standard InChI is InChI=1S/C20H20N4O3S2/c1-13-8-9-16(10-14(13)2)29(26,27)17-11-22-20(24-19(17)21)28-12-18(25)23-15-6-4-3-5-7-15/h3-11H,12H2,1-2H3,(H,23,25)(H2,21,22,24). The molecule has 29 heavy (non-hydrogen) atoms. The first-order valence-electron chi connectivity index (χ1n) is 8.70. The third-order valence-electron chi connectivity index (χ3n) is 4.23. The number of rotatable bonds is 6. The molecule has 150 valence electrons. The lowest BCUT2D eigenvalue weighted by atomic mass is 10.1. The molecule has 0 fully saturated rings. The molecule has 0 aliphatic rings. The molecular weight excluding hydrogens is 408 g/mol. The number of nitrogens with two attached hydrogens (primary N) is 1. The summed E-state index contributed by atoms with van der Waals surface area (Å²) in [7, 11) is -3.84. The number of carbonyl (C=O) groups excluding carboxylic acids is 1. The van der Waals surface area contributed by atoms with Crippen molar-refractivity contribution in [3.8, 4) is 0 Å². The molecule has 0 bridgehead atoms. The molecule has 2 aromatic carbocycles. The highest BCUT2D eigenvalue weighted by Crippen LogP contribution is 2.27. The highest BCUT2D eigenvalue weighted by Gasteiger charge is 2.23.